The first-order valence-electron chi connectivity index (χ1n) is 5.27. The highest BCUT2D eigenvalue weighted by Crippen LogP contribution is 2.26. The van der Waals surface area contributed by atoms with Crippen LogP contribution in [0.15, 0.2) is 16.0 Å². The molecule has 0 amide bonds. The van der Waals surface area contributed by atoms with E-state index in [2.05, 4.69) is 25.8 Å². The van der Waals surface area contributed by atoms with E-state index in [9.17, 15) is 0 Å². The fourth-order valence-corrected chi connectivity index (χ4v) is 2.10. The maximum absolute atomic E-state index is 5.44. The van der Waals surface area contributed by atoms with Gasteiger partial charge in [0.15, 0.2) is 0 Å². The Labute approximate surface area is 103 Å². The average Bonchev–Trinajstić information content (AvgIpc) is 2.88. The lowest BCUT2D eigenvalue weighted by molar-refractivity contribution is 0.470. The molecule has 0 saturated carbocycles. The Balaban J connectivity index is 2.09. The second-order valence-corrected chi connectivity index (χ2v) is 5.01. The van der Waals surface area contributed by atoms with Gasteiger partial charge in [-0.3, -0.25) is 0 Å². The highest BCUT2D eigenvalue weighted by Gasteiger charge is 2.25. The molecule has 0 unspecified atom stereocenters. The predicted molar refractivity (Wildman–Crippen MR) is 65.8 cm³/mol. The highest BCUT2D eigenvalue weighted by atomic mass is 32.1. The monoisotopic (exact) mass is 253 g/mol. The minimum atomic E-state index is -0.322. The molecular formula is C10H15N5OS. The summed E-state index contributed by atoms with van der Waals surface area (Å²) in [6.07, 6.45) is 1.78. The maximum Gasteiger partial charge on any atom is 0.316 e. The van der Waals surface area contributed by atoms with Gasteiger partial charge in [-0.05, 0) is 20.9 Å². The molecule has 7 heteroatoms. The third-order valence-corrected chi connectivity index (χ3v) is 3.28. The average molecular weight is 253 g/mol. The number of nitrogens with zero attached hydrogens (tertiary/aromatic N) is 3. The fourth-order valence-electron chi connectivity index (χ4n) is 1.38. The second kappa shape index (κ2) is 4.80. The quantitative estimate of drug-likeness (QED) is 0.842. The molecule has 2 rings (SSSR count). The van der Waals surface area contributed by atoms with E-state index in [1.165, 1.54) is 0 Å². The topological polar surface area (TPSA) is 75.9 Å². The molecule has 0 spiro atoms. The Bertz CT molecular complexity index is 465. The van der Waals surface area contributed by atoms with Gasteiger partial charge in [0.2, 0.25) is 5.89 Å². The van der Waals surface area contributed by atoms with E-state index in [1.54, 1.807) is 17.5 Å². The van der Waals surface area contributed by atoms with Crippen LogP contribution < -0.4 is 10.6 Å². The predicted octanol–water partition coefficient (Wildman–Crippen LogP) is 1.59. The van der Waals surface area contributed by atoms with E-state index in [-0.39, 0.29) is 5.54 Å². The van der Waals surface area contributed by atoms with Gasteiger partial charge in [0, 0.05) is 11.6 Å². The van der Waals surface area contributed by atoms with Crippen LogP contribution >= 0.6 is 11.3 Å². The van der Waals surface area contributed by atoms with Crippen LogP contribution in [0.3, 0.4) is 0 Å². The van der Waals surface area contributed by atoms with Gasteiger partial charge in [-0.15, -0.1) is 16.4 Å². The fraction of sp³-hybridized carbons (Fsp3) is 0.500. The number of hydrogen-bond donors (Lipinski definition) is 2. The summed E-state index contributed by atoms with van der Waals surface area (Å²) in [5, 5.41) is 16.9. The summed E-state index contributed by atoms with van der Waals surface area (Å²) in [5.74, 6) is 0.560. The van der Waals surface area contributed by atoms with Crippen LogP contribution in [0.25, 0.3) is 0 Å². The van der Waals surface area contributed by atoms with Crippen LogP contribution in [0.1, 0.15) is 24.7 Å². The zero-order chi connectivity index (χ0) is 12.3. The molecule has 0 aromatic carbocycles. The summed E-state index contributed by atoms with van der Waals surface area (Å²) in [6.45, 7) is 4.61. The van der Waals surface area contributed by atoms with Crippen LogP contribution in [0.4, 0.5) is 6.01 Å². The maximum atomic E-state index is 5.44. The van der Waals surface area contributed by atoms with E-state index in [0.717, 1.165) is 5.01 Å². The number of hydrogen-bond acceptors (Lipinski definition) is 7. The highest BCUT2D eigenvalue weighted by molar-refractivity contribution is 7.09. The van der Waals surface area contributed by atoms with Crippen LogP contribution in [0.2, 0.25) is 0 Å². The van der Waals surface area contributed by atoms with Crippen LogP contribution in [-0.4, -0.2) is 22.2 Å². The summed E-state index contributed by atoms with van der Waals surface area (Å²) in [6, 6.07) is 0.412. The Morgan fingerprint density at radius 1 is 1.41 bits per heavy atom. The van der Waals surface area contributed by atoms with E-state index in [0.29, 0.717) is 18.5 Å². The zero-order valence-electron chi connectivity index (χ0n) is 10.0. The van der Waals surface area contributed by atoms with Gasteiger partial charge in [-0.1, -0.05) is 5.10 Å². The van der Waals surface area contributed by atoms with Gasteiger partial charge in [-0.2, -0.15) is 0 Å². The summed E-state index contributed by atoms with van der Waals surface area (Å²) in [5.41, 5.74) is -0.322. The minimum Gasteiger partial charge on any atom is -0.407 e. The van der Waals surface area contributed by atoms with Crippen molar-refractivity contribution in [3.8, 4) is 0 Å². The van der Waals surface area contributed by atoms with E-state index < -0.39 is 0 Å². The van der Waals surface area contributed by atoms with E-state index in [1.807, 2.05) is 26.3 Å². The Morgan fingerprint density at radius 3 is 2.88 bits per heavy atom. The summed E-state index contributed by atoms with van der Waals surface area (Å²) in [4.78, 5) is 4.28. The number of rotatable bonds is 5. The summed E-state index contributed by atoms with van der Waals surface area (Å²) in [7, 11) is 1.83. The normalized spacial score (nSPS) is 11.7. The Hall–Kier alpha value is -1.47. The molecular weight excluding hydrogens is 238 g/mol. The van der Waals surface area contributed by atoms with Gasteiger partial charge in [-0.25, -0.2) is 4.98 Å². The molecule has 0 fully saturated rings. The summed E-state index contributed by atoms with van der Waals surface area (Å²) >= 11 is 1.59. The van der Waals surface area contributed by atoms with Crippen molar-refractivity contribution in [2.75, 3.05) is 12.4 Å². The summed E-state index contributed by atoms with van der Waals surface area (Å²) < 4.78 is 5.44. The molecule has 0 aliphatic heterocycles. The van der Waals surface area contributed by atoms with Gasteiger partial charge in [0.05, 0.1) is 12.1 Å². The SMILES string of the molecule is CNCc1nnc(NC(C)(C)c2nccs2)o1. The molecule has 2 aromatic heterocycles. The lowest BCUT2D eigenvalue weighted by atomic mass is 10.1. The lowest BCUT2D eigenvalue weighted by Crippen LogP contribution is -2.27. The van der Waals surface area contributed by atoms with Crippen molar-refractivity contribution in [3.05, 3.63) is 22.5 Å². The number of thiazole rings is 1. The van der Waals surface area contributed by atoms with E-state index >= 15 is 0 Å². The van der Waals surface area contributed by atoms with Gasteiger partial charge in [0.25, 0.3) is 0 Å². The molecule has 0 aliphatic rings. The van der Waals surface area contributed by atoms with Crippen molar-refractivity contribution < 1.29 is 4.42 Å². The van der Waals surface area contributed by atoms with Crippen molar-refractivity contribution in [2.24, 2.45) is 0 Å². The smallest absolute Gasteiger partial charge is 0.316 e. The van der Waals surface area contributed by atoms with Crippen LogP contribution in [0.5, 0.6) is 0 Å². The Kier molecular flexibility index (Phi) is 3.39. The standard InChI is InChI=1S/C10H15N5OS/c1-10(2,8-12-4-5-17-8)13-9-15-14-7(16-9)6-11-3/h4-5,11H,6H2,1-3H3,(H,13,15). The van der Waals surface area contributed by atoms with Crippen molar-refractivity contribution in [1.82, 2.24) is 20.5 Å². The van der Waals surface area contributed by atoms with Crippen molar-refractivity contribution in [1.29, 1.82) is 0 Å². The minimum absolute atomic E-state index is 0.322. The first-order valence-corrected chi connectivity index (χ1v) is 6.15. The van der Waals surface area contributed by atoms with Gasteiger partial charge in [0.1, 0.15) is 5.01 Å². The van der Waals surface area contributed by atoms with Crippen molar-refractivity contribution in [2.45, 2.75) is 25.9 Å². The van der Waals surface area contributed by atoms with Gasteiger partial charge >= 0.3 is 6.01 Å². The third-order valence-electron chi connectivity index (χ3n) is 2.18. The number of aromatic nitrogens is 3. The first kappa shape index (κ1) is 12.0. The van der Waals surface area contributed by atoms with Crippen LogP contribution in [-0.2, 0) is 12.1 Å². The molecule has 0 saturated heterocycles. The number of anilines is 1. The molecule has 0 atom stereocenters. The molecule has 0 aliphatic carbocycles. The molecule has 92 valence electrons. The third kappa shape index (κ3) is 2.80. The van der Waals surface area contributed by atoms with Crippen LogP contribution in [0, 0.1) is 0 Å². The molecule has 0 bridgehead atoms. The molecule has 2 N–H and O–H groups in total. The first-order chi connectivity index (χ1) is 8.12. The van der Waals surface area contributed by atoms with Crippen molar-refractivity contribution >= 4 is 17.4 Å². The molecule has 17 heavy (non-hydrogen) atoms. The Morgan fingerprint density at radius 2 is 2.24 bits per heavy atom. The molecule has 0 radical (unpaired) electrons. The second-order valence-electron chi connectivity index (χ2n) is 4.12. The largest absolute Gasteiger partial charge is 0.407 e. The molecule has 2 aromatic rings. The van der Waals surface area contributed by atoms with Gasteiger partial charge < -0.3 is 15.1 Å². The zero-order valence-corrected chi connectivity index (χ0v) is 10.8. The lowest BCUT2D eigenvalue weighted by Gasteiger charge is -2.21. The molecule has 2 heterocycles. The number of nitrogens with one attached hydrogen (secondary N) is 2. The van der Waals surface area contributed by atoms with E-state index in [4.69, 9.17) is 4.42 Å². The van der Waals surface area contributed by atoms with Crippen molar-refractivity contribution in [3.63, 3.8) is 0 Å². The molecule has 6 nitrogen and oxygen atoms in total.